The number of hydrogen-bond acceptors (Lipinski definition) is 4. The smallest absolute Gasteiger partial charge is 0.309 e. The molecule has 10 heteroatoms. The number of guanidine groups is 1. The number of amides is 1. The van der Waals surface area contributed by atoms with Crippen molar-refractivity contribution in [1.29, 1.82) is 5.41 Å². The molecule has 0 bridgehead atoms. The van der Waals surface area contributed by atoms with Crippen LogP contribution in [-0.2, 0) is 11.2 Å². The fraction of sp³-hybridized carbons (Fsp3) is 0.591. The first-order valence-electron chi connectivity index (χ1n) is 11.2. The summed E-state index contributed by atoms with van der Waals surface area (Å²) in [5.74, 6) is 0.340. The molecule has 1 aliphatic carbocycles. The van der Waals surface area contributed by atoms with Crippen LogP contribution >= 0.6 is 0 Å². The van der Waals surface area contributed by atoms with Gasteiger partial charge in [-0.25, -0.2) is 4.52 Å². The van der Waals surface area contributed by atoms with Gasteiger partial charge in [0.15, 0.2) is 0 Å². The number of nitrogens with zero attached hydrogens (tertiary/aromatic N) is 4. The van der Waals surface area contributed by atoms with Gasteiger partial charge in [0.2, 0.25) is 11.9 Å². The highest BCUT2D eigenvalue weighted by atomic mass is 19.4. The number of aromatic nitrogens is 2. The van der Waals surface area contributed by atoms with E-state index in [0.717, 1.165) is 36.0 Å². The molecule has 2 aromatic heterocycles. The largest absolute Gasteiger partial charge is 0.395 e. The highest BCUT2D eigenvalue weighted by molar-refractivity contribution is 6.08. The Bertz CT molecular complexity index is 1040. The highest BCUT2D eigenvalue weighted by Gasteiger charge is 2.63. The minimum Gasteiger partial charge on any atom is -0.309 e. The summed E-state index contributed by atoms with van der Waals surface area (Å²) in [5.41, 5.74) is 1.36. The Kier molecular flexibility index (Phi) is 5.15. The number of fused-ring (bicyclic) bond motifs is 1. The molecule has 3 aliphatic rings. The molecule has 32 heavy (non-hydrogen) atoms. The summed E-state index contributed by atoms with van der Waals surface area (Å²) in [6.45, 7) is 2.02. The number of alkyl halides is 3. The van der Waals surface area contributed by atoms with Gasteiger partial charge in [-0.15, -0.1) is 0 Å². The quantitative estimate of drug-likeness (QED) is 0.737. The van der Waals surface area contributed by atoms with Crippen LogP contribution in [0, 0.1) is 16.7 Å². The molecule has 0 spiro atoms. The van der Waals surface area contributed by atoms with Crippen LogP contribution in [0.25, 0.3) is 5.52 Å². The van der Waals surface area contributed by atoms with Crippen LogP contribution in [0.15, 0.2) is 24.5 Å². The zero-order valence-corrected chi connectivity index (χ0v) is 17.8. The molecule has 172 valence electrons. The van der Waals surface area contributed by atoms with Crippen molar-refractivity contribution in [3.05, 3.63) is 30.1 Å². The molecule has 7 nitrogen and oxygen atoms in total. The third kappa shape index (κ3) is 3.96. The molecule has 3 fully saturated rings. The lowest BCUT2D eigenvalue weighted by Gasteiger charge is -2.35. The molecule has 0 atom stereocenters. The third-order valence-electron chi connectivity index (χ3n) is 7.16. The van der Waals surface area contributed by atoms with Gasteiger partial charge in [-0.05, 0) is 68.8 Å². The second-order valence-corrected chi connectivity index (χ2v) is 9.39. The van der Waals surface area contributed by atoms with Crippen LogP contribution in [0.1, 0.15) is 37.7 Å². The van der Waals surface area contributed by atoms with Crippen molar-refractivity contribution in [1.82, 2.24) is 19.8 Å². The molecule has 2 N–H and O–H groups in total. The Balaban J connectivity index is 1.23. The van der Waals surface area contributed by atoms with Crippen LogP contribution in [0.5, 0.6) is 0 Å². The van der Waals surface area contributed by atoms with E-state index in [1.807, 2.05) is 17.2 Å². The van der Waals surface area contributed by atoms with E-state index >= 15 is 0 Å². The van der Waals surface area contributed by atoms with Gasteiger partial charge in [-0.1, -0.05) is 0 Å². The Labute approximate surface area is 184 Å². The number of hydrogen-bond donors (Lipinski definition) is 2. The van der Waals surface area contributed by atoms with E-state index < -0.39 is 11.6 Å². The summed E-state index contributed by atoms with van der Waals surface area (Å²) >= 11 is 0. The van der Waals surface area contributed by atoms with E-state index in [-0.39, 0.29) is 31.3 Å². The molecule has 1 amide bonds. The molecule has 5 rings (SSSR count). The Morgan fingerprint density at radius 3 is 2.62 bits per heavy atom. The second-order valence-electron chi connectivity index (χ2n) is 9.39. The van der Waals surface area contributed by atoms with Crippen LogP contribution in [-0.4, -0.2) is 58.7 Å². The van der Waals surface area contributed by atoms with E-state index in [9.17, 15) is 18.0 Å². The Morgan fingerprint density at radius 1 is 1.22 bits per heavy atom. The number of halogens is 3. The summed E-state index contributed by atoms with van der Waals surface area (Å²) in [4.78, 5) is 15.3. The third-order valence-corrected chi connectivity index (χ3v) is 7.16. The maximum Gasteiger partial charge on any atom is 0.395 e. The standard InChI is InChI=1S/C22H27F3N6O/c23-22(24,25)21(5-6-21)14-29-7-1-15(2-8-29)11-16-3-10-31-17(12-16)18(13-27-31)30-9-4-19(32)28-20(30)26/h3,10,12-13,15H,1-2,4-9,11,14H2,(H2,26,28,32). The Morgan fingerprint density at radius 2 is 1.97 bits per heavy atom. The van der Waals surface area contributed by atoms with Gasteiger partial charge >= 0.3 is 6.18 Å². The van der Waals surface area contributed by atoms with Gasteiger partial charge < -0.3 is 9.80 Å². The zero-order chi connectivity index (χ0) is 22.5. The number of rotatable bonds is 5. The normalized spacial score (nSPS) is 22.4. The summed E-state index contributed by atoms with van der Waals surface area (Å²) in [7, 11) is 0. The van der Waals surface area contributed by atoms with E-state index in [2.05, 4.69) is 16.5 Å². The molecule has 2 aliphatic heterocycles. The number of likely N-dealkylation sites (tertiary alicyclic amines) is 1. The number of anilines is 1. The molecule has 0 radical (unpaired) electrons. The number of carbonyl (C=O) groups excluding carboxylic acids is 1. The lowest BCUT2D eigenvalue weighted by atomic mass is 9.89. The monoisotopic (exact) mass is 448 g/mol. The average molecular weight is 448 g/mol. The number of piperidine rings is 1. The van der Waals surface area contributed by atoms with Gasteiger partial charge in [-0.2, -0.15) is 18.3 Å². The van der Waals surface area contributed by atoms with Crippen LogP contribution in [0.3, 0.4) is 0 Å². The molecular weight excluding hydrogens is 421 g/mol. The predicted molar refractivity (Wildman–Crippen MR) is 114 cm³/mol. The Hall–Kier alpha value is -2.62. The van der Waals surface area contributed by atoms with Gasteiger partial charge in [0.25, 0.3) is 0 Å². The van der Waals surface area contributed by atoms with Crippen molar-refractivity contribution in [2.45, 2.75) is 44.7 Å². The van der Waals surface area contributed by atoms with E-state index in [4.69, 9.17) is 5.41 Å². The van der Waals surface area contributed by atoms with Crippen molar-refractivity contribution >= 4 is 23.1 Å². The zero-order valence-electron chi connectivity index (χ0n) is 17.8. The minimum atomic E-state index is -4.09. The first-order valence-corrected chi connectivity index (χ1v) is 11.2. The van der Waals surface area contributed by atoms with Gasteiger partial charge in [0, 0.05) is 25.7 Å². The van der Waals surface area contributed by atoms with Gasteiger partial charge in [0.05, 0.1) is 22.8 Å². The topological polar surface area (TPSA) is 76.7 Å². The SMILES string of the molecule is N=C1NC(=O)CCN1c1cnn2ccc(CC3CCN(CC4(C(F)(F)F)CC4)CC3)cc12. The maximum atomic E-state index is 13.3. The molecule has 0 aromatic carbocycles. The van der Waals surface area contributed by atoms with Crippen molar-refractivity contribution in [3.8, 4) is 0 Å². The van der Waals surface area contributed by atoms with Crippen LogP contribution in [0.4, 0.5) is 18.9 Å². The number of nitrogens with one attached hydrogen (secondary N) is 2. The second kappa shape index (κ2) is 7.75. The predicted octanol–water partition coefficient (Wildman–Crippen LogP) is 3.19. The maximum absolute atomic E-state index is 13.3. The van der Waals surface area contributed by atoms with Gasteiger partial charge in [0.1, 0.15) is 0 Å². The molecule has 1 saturated carbocycles. The average Bonchev–Trinajstić information content (AvgIpc) is 3.42. The van der Waals surface area contributed by atoms with E-state index in [1.54, 1.807) is 15.6 Å². The van der Waals surface area contributed by atoms with Crippen LogP contribution in [0.2, 0.25) is 0 Å². The lowest BCUT2D eigenvalue weighted by molar-refractivity contribution is -0.192. The molecule has 2 saturated heterocycles. The fourth-order valence-corrected chi connectivity index (χ4v) is 4.97. The number of pyridine rings is 1. The van der Waals surface area contributed by atoms with E-state index in [0.29, 0.717) is 32.0 Å². The molecule has 4 heterocycles. The molecule has 0 unspecified atom stereocenters. The summed E-state index contributed by atoms with van der Waals surface area (Å²) in [6.07, 6.45) is 3.04. The van der Waals surface area contributed by atoms with Gasteiger partial charge in [-0.3, -0.25) is 15.5 Å². The first kappa shape index (κ1) is 21.2. The van der Waals surface area contributed by atoms with Crippen molar-refractivity contribution in [3.63, 3.8) is 0 Å². The first-order chi connectivity index (χ1) is 15.2. The van der Waals surface area contributed by atoms with Crippen LogP contribution < -0.4 is 10.2 Å². The molecule has 2 aromatic rings. The highest BCUT2D eigenvalue weighted by Crippen LogP contribution is 2.58. The summed E-state index contributed by atoms with van der Waals surface area (Å²) < 4.78 is 41.5. The van der Waals surface area contributed by atoms with E-state index in [1.165, 1.54) is 0 Å². The minimum absolute atomic E-state index is 0.0567. The fourth-order valence-electron chi connectivity index (χ4n) is 4.97. The summed E-state index contributed by atoms with van der Waals surface area (Å²) in [5, 5.41) is 15.0. The van der Waals surface area contributed by atoms with Crippen molar-refractivity contribution in [2.75, 3.05) is 31.1 Å². The number of carbonyl (C=O) groups is 1. The van der Waals surface area contributed by atoms with Crippen molar-refractivity contribution in [2.24, 2.45) is 11.3 Å². The summed E-state index contributed by atoms with van der Waals surface area (Å²) in [6, 6.07) is 4.10. The lowest BCUT2D eigenvalue weighted by Crippen LogP contribution is -2.50. The molecular formula is C22H27F3N6O. The van der Waals surface area contributed by atoms with Crippen molar-refractivity contribution < 1.29 is 18.0 Å².